The molecule has 0 fully saturated rings. The van der Waals surface area contributed by atoms with Crippen LogP contribution >= 0.6 is 11.8 Å². The van der Waals surface area contributed by atoms with Crippen molar-refractivity contribution in [2.45, 2.75) is 25.6 Å². The number of thiocyanates is 1. The molecule has 0 spiro atoms. The van der Waals surface area contributed by atoms with Crippen molar-refractivity contribution < 1.29 is 4.43 Å². The lowest BCUT2D eigenvalue weighted by molar-refractivity contribution is 0.403. The second kappa shape index (κ2) is 5.64. The van der Waals surface area contributed by atoms with E-state index in [0.717, 1.165) is 18.2 Å². The first-order chi connectivity index (χ1) is 5.12. The lowest BCUT2D eigenvalue weighted by Gasteiger charge is -2.18. The Kier molecular flexibility index (Phi) is 5.65. The average Bonchev–Trinajstić information content (AvgIpc) is 1.99. The molecule has 0 atom stereocenters. The Bertz CT molecular complexity index is 144. The van der Waals surface area contributed by atoms with Gasteiger partial charge in [0, 0.05) is 12.9 Å². The number of thioether (sulfide) groups is 1. The largest absolute Gasteiger partial charge is 0.420 e. The van der Waals surface area contributed by atoms with Crippen LogP contribution in [0.25, 0.3) is 0 Å². The maximum absolute atomic E-state index is 8.25. The van der Waals surface area contributed by atoms with E-state index in [2.05, 4.69) is 18.5 Å². The molecule has 0 N–H and O–H groups in total. The Morgan fingerprint density at radius 1 is 1.55 bits per heavy atom. The van der Waals surface area contributed by atoms with Gasteiger partial charge in [0.25, 0.3) is 0 Å². The van der Waals surface area contributed by atoms with Gasteiger partial charge in [-0.2, -0.15) is 5.26 Å². The van der Waals surface area contributed by atoms with Gasteiger partial charge in [0.1, 0.15) is 5.40 Å². The Hall–Kier alpha value is 0.0169. The molecule has 11 heavy (non-hydrogen) atoms. The van der Waals surface area contributed by atoms with Crippen LogP contribution in [0.4, 0.5) is 0 Å². The van der Waals surface area contributed by atoms with Gasteiger partial charge < -0.3 is 4.43 Å². The fraction of sp³-hybridized carbons (Fsp3) is 0.857. The number of nitrogens with zero attached hydrogens (tertiary/aromatic N) is 1. The van der Waals surface area contributed by atoms with Crippen molar-refractivity contribution in [3.05, 3.63) is 0 Å². The van der Waals surface area contributed by atoms with E-state index in [1.807, 2.05) is 0 Å². The van der Waals surface area contributed by atoms with E-state index in [1.165, 1.54) is 11.8 Å². The van der Waals surface area contributed by atoms with E-state index in [1.54, 1.807) is 7.11 Å². The van der Waals surface area contributed by atoms with E-state index in [9.17, 15) is 0 Å². The van der Waals surface area contributed by atoms with Gasteiger partial charge in [-0.15, -0.1) is 0 Å². The third-order valence-electron chi connectivity index (χ3n) is 1.64. The van der Waals surface area contributed by atoms with Gasteiger partial charge >= 0.3 is 0 Å². The van der Waals surface area contributed by atoms with Crippen molar-refractivity contribution in [2.24, 2.45) is 0 Å². The molecule has 0 aromatic rings. The van der Waals surface area contributed by atoms with Crippen molar-refractivity contribution in [3.8, 4) is 5.40 Å². The van der Waals surface area contributed by atoms with Crippen LogP contribution in [-0.2, 0) is 4.43 Å². The van der Waals surface area contributed by atoms with Gasteiger partial charge in [-0.3, -0.25) is 0 Å². The van der Waals surface area contributed by atoms with Crippen molar-refractivity contribution in [1.29, 1.82) is 5.26 Å². The van der Waals surface area contributed by atoms with Gasteiger partial charge in [-0.25, -0.2) is 0 Å². The van der Waals surface area contributed by atoms with Crippen LogP contribution < -0.4 is 0 Å². The molecule has 0 aliphatic carbocycles. The van der Waals surface area contributed by atoms with Crippen LogP contribution in [0.1, 0.15) is 6.42 Å². The van der Waals surface area contributed by atoms with Crippen molar-refractivity contribution >= 4 is 20.1 Å². The zero-order chi connectivity index (χ0) is 8.74. The summed E-state index contributed by atoms with van der Waals surface area (Å²) in [6.07, 6.45) is 1.10. The van der Waals surface area contributed by atoms with Crippen molar-refractivity contribution in [1.82, 2.24) is 0 Å². The minimum absolute atomic E-state index is 0.941. The first-order valence-corrected chi connectivity index (χ1v) is 7.78. The highest BCUT2D eigenvalue weighted by atomic mass is 32.2. The van der Waals surface area contributed by atoms with Crippen LogP contribution in [0.15, 0.2) is 0 Å². The van der Waals surface area contributed by atoms with E-state index in [4.69, 9.17) is 9.69 Å². The smallest absolute Gasteiger partial charge is 0.186 e. The maximum atomic E-state index is 8.25. The summed E-state index contributed by atoms with van der Waals surface area (Å²) in [7, 11) is 0.431. The summed E-state index contributed by atoms with van der Waals surface area (Å²) in [6, 6.07) is 1.15. The second-order valence-electron chi connectivity index (χ2n) is 3.01. The van der Waals surface area contributed by atoms with Crippen LogP contribution in [0, 0.1) is 10.7 Å². The van der Waals surface area contributed by atoms with Crippen LogP contribution in [0.2, 0.25) is 19.1 Å². The molecule has 0 unspecified atom stereocenters. The Balaban J connectivity index is 3.32. The highest BCUT2D eigenvalue weighted by Gasteiger charge is 2.19. The fourth-order valence-corrected chi connectivity index (χ4v) is 2.59. The molecule has 0 amide bonds. The summed E-state index contributed by atoms with van der Waals surface area (Å²) in [5.41, 5.74) is 0. The quantitative estimate of drug-likeness (QED) is 0.378. The van der Waals surface area contributed by atoms with E-state index in [-0.39, 0.29) is 0 Å². The van der Waals surface area contributed by atoms with E-state index >= 15 is 0 Å². The summed E-state index contributed by atoms with van der Waals surface area (Å²) in [5, 5.41) is 10.3. The van der Waals surface area contributed by atoms with Crippen LogP contribution in [-0.4, -0.2) is 21.2 Å². The zero-order valence-electron chi connectivity index (χ0n) is 7.39. The molecule has 2 nitrogen and oxygen atoms in total. The molecule has 0 aromatic carbocycles. The number of nitriles is 1. The van der Waals surface area contributed by atoms with Gasteiger partial charge in [-0.1, -0.05) is 0 Å². The lowest BCUT2D eigenvalue weighted by Crippen LogP contribution is -2.28. The lowest BCUT2D eigenvalue weighted by atomic mass is 10.6. The van der Waals surface area contributed by atoms with Crippen molar-refractivity contribution in [2.75, 3.05) is 12.9 Å². The predicted molar refractivity (Wildman–Crippen MR) is 52.0 cm³/mol. The molecule has 0 saturated carbocycles. The topological polar surface area (TPSA) is 33.0 Å². The standard InChI is InChI=1S/C7H15NOSSi/c1-9-11(2,3)6-4-5-10-7-8/h4-6H2,1-3H3. The molecule has 0 bridgehead atoms. The van der Waals surface area contributed by atoms with Crippen molar-refractivity contribution in [3.63, 3.8) is 0 Å². The highest BCUT2D eigenvalue weighted by molar-refractivity contribution is 8.03. The minimum Gasteiger partial charge on any atom is -0.420 e. The molecular formula is C7H15NOSSi. The highest BCUT2D eigenvalue weighted by Crippen LogP contribution is 2.14. The number of rotatable bonds is 5. The molecule has 0 rings (SSSR count). The van der Waals surface area contributed by atoms with Gasteiger partial charge in [0.05, 0.1) is 0 Å². The summed E-state index contributed by atoms with van der Waals surface area (Å²) in [6.45, 7) is 4.40. The fourth-order valence-electron chi connectivity index (χ4n) is 0.718. The Morgan fingerprint density at radius 2 is 2.18 bits per heavy atom. The molecule has 0 saturated heterocycles. The number of hydrogen-bond acceptors (Lipinski definition) is 3. The third-order valence-corrected chi connectivity index (χ3v) is 4.93. The van der Waals surface area contributed by atoms with Gasteiger partial charge in [0.2, 0.25) is 0 Å². The predicted octanol–water partition coefficient (Wildman–Crippen LogP) is 2.44. The van der Waals surface area contributed by atoms with Crippen LogP contribution in [0.3, 0.4) is 0 Å². The molecule has 0 aliphatic rings. The van der Waals surface area contributed by atoms with E-state index in [0.29, 0.717) is 0 Å². The zero-order valence-corrected chi connectivity index (χ0v) is 9.20. The molecule has 64 valence electrons. The SMILES string of the molecule is CO[Si](C)(C)CCCSC#N. The minimum atomic E-state index is -1.35. The first kappa shape index (κ1) is 11.0. The summed E-state index contributed by atoms with van der Waals surface area (Å²) in [4.78, 5) is 0. The molecule has 0 heterocycles. The average molecular weight is 189 g/mol. The molecule has 0 aromatic heterocycles. The monoisotopic (exact) mass is 189 g/mol. The normalized spacial score (nSPS) is 11.1. The molecule has 0 radical (unpaired) electrons. The molecular weight excluding hydrogens is 174 g/mol. The summed E-state index contributed by atoms with van der Waals surface area (Å²) < 4.78 is 5.36. The number of hydrogen-bond donors (Lipinski definition) is 0. The Labute approximate surface area is 74.1 Å². The molecule has 0 aliphatic heterocycles. The second-order valence-corrected chi connectivity index (χ2v) is 8.31. The Morgan fingerprint density at radius 3 is 2.64 bits per heavy atom. The van der Waals surface area contributed by atoms with Gasteiger partial charge in [-0.05, 0) is 37.3 Å². The van der Waals surface area contributed by atoms with E-state index < -0.39 is 8.32 Å². The van der Waals surface area contributed by atoms with Crippen LogP contribution in [0.5, 0.6) is 0 Å². The summed E-state index contributed by atoms with van der Waals surface area (Å²) in [5.74, 6) is 0.941. The first-order valence-electron chi connectivity index (χ1n) is 3.68. The maximum Gasteiger partial charge on any atom is 0.186 e. The van der Waals surface area contributed by atoms with Gasteiger partial charge in [0.15, 0.2) is 8.32 Å². The molecule has 4 heteroatoms. The summed E-state index contributed by atoms with van der Waals surface area (Å²) >= 11 is 1.33. The third kappa shape index (κ3) is 6.42.